The summed E-state index contributed by atoms with van der Waals surface area (Å²) in [6.07, 6.45) is 12.9. The lowest BCUT2D eigenvalue weighted by Crippen LogP contribution is -2.26. The summed E-state index contributed by atoms with van der Waals surface area (Å²) in [5.74, 6) is 0.204. The first-order valence-electron chi connectivity index (χ1n) is 11.9. The fourth-order valence-corrected chi connectivity index (χ4v) is 4.25. The van der Waals surface area contributed by atoms with E-state index in [0.29, 0.717) is 18.9 Å². The Morgan fingerprint density at radius 1 is 1.18 bits per heavy atom. The highest BCUT2D eigenvalue weighted by Crippen LogP contribution is 2.31. The molecule has 0 spiro atoms. The normalized spacial score (nSPS) is 14.7. The van der Waals surface area contributed by atoms with Crippen LogP contribution < -0.4 is 11.1 Å². The Labute approximate surface area is 198 Å². The lowest BCUT2D eigenvalue weighted by molar-refractivity contribution is -0.118. The molecule has 1 amide bonds. The molecule has 0 radical (unpaired) electrons. The molecule has 0 fully saturated rings. The second-order valence-corrected chi connectivity index (χ2v) is 8.93. The Morgan fingerprint density at radius 2 is 2.00 bits per heavy atom. The summed E-state index contributed by atoms with van der Waals surface area (Å²) in [5, 5.41) is 3.15. The number of nitrogens with one attached hydrogen (secondary N) is 1. The molecule has 2 aromatic rings. The maximum atomic E-state index is 13.2. The summed E-state index contributed by atoms with van der Waals surface area (Å²) >= 11 is 0. The summed E-state index contributed by atoms with van der Waals surface area (Å²) in [6, 6.07) is 14.7. The SMILES string of the molecule is C=C/C=C(/c1cccc(C(C)C)c1)c1cc(NC(=O)C(CCN)C2=CCCC=C2)ccc1C. The van der Waals surface area contributed by atoms with E-state index in [9.17, 15) is 4.79 Å². The third kappa shape index (κ3) is 6.21. The van der Waals surface area contributed by atoms with Crippen LogP contribution in [-0.4, -0.2) is 12.5 Å². The molecular weight excluding hydrogens is 404 g/mol. The molecular formula is C30H36N2O. The van der Waals surface area contributed by atoms with Gasteiger partial charge in [-0.1, -0.05) is 81.1 Å². The minimum atomic E-state index is -0.234. The zero-order chi connectivity index (χ0) is 23.8. The molecule has 0 heterocycles. The first-order chi connectivity index (χ1) is 15.9. The van der Waals surface area contributed by atoms with Gasteiger partial charge >= 0.3 is 0 Å². The second-order valence-electron chi connectivity index (χ2n) is 8.93. The van der Waals surface area contributed by atoms with E-state index >= 15 is 0 Å². The van der Waals surface area contributed by atoms with Gasteiger partial charge in [-0.15, -0.1) is 0 Å². The first kappa shape index (κ1) is 24.5. The van der Waals surface area contributed by atoms with E-state index in [4.69, 9.17) is 5.73 Å². The Kier molecular flexibility index (Phi) is 8.62. The molecule has 0 aromatic heterocycles. The molecule has 0 bridgehead atoms. The fourth-order valence-electron chi connectivity index (χ4n) is 4.25. The van der Waals surface area contributed by atoms with Crippen LogP contribution in [0.1, 0.15) is 61.3 Å². The van der Waals surface area contributed by atoms with Crippen LogP contribution in [0.15, 0.2) is 85.0 Å². The Morgan fingerprint density at radius 3 is 2.67 bits per heavy atom. The van der Waals surface area contributed by atoms with E-state index < -0.39 is 0 Å². The van der Waals surface area contributed by atoms with E-state index in [2.05, 4.69) is 87.3 Å². The number of carbonyl (C=O) groups excluding carboxylic acids is 1. The van der Waals surface area contributed by atoms with Crippen molar-refractivity contribution < 1.29 is 4.79 Å². The number of hydrogen-bond donors (Lipinski definition) is 2. The van der Waals surface area contributed by atoms with E-state index in [-0.39, 0.29) is 11.8 Å². The van der Waals surface area contributed by atoms with E-state index in [1.54, 1.807) is 0 Å². The van der Waals surface area contributed by atoms with Gasteiger partial charge in [0.15, 0.2) is 0 Å². The molecule has 0 saturated heterocycles. The van der Waals surface area contributed by atoms with Crippen molar-refractivity contribution in [3.63, 3.8) is 0 Å². The molecule has 3 N–H and O–H groups in total. The van der Waals surface area contributed by atoms with Crippen LogP contribution in [0.25, 0.3) is 5.57 Å². The van der Waals surface area contributed by atoms with Crippen LogP contribution in [0.5, 0.6) is 0 Å². The number of hydrogen-bond acceptors (Lipinski definition) is 2. The van der Waals surface area contributed by atoms with E-state index in [1.165, 1.54) is 5.56 Å². The molecule has 1 aliphatic carbocycles. The maximum Gasteiger partial charge on any atom is 0.231 e. The zero-order valence-electron chi connectivity index (χ0n) is 20.1. The average Bonchev–Trinajstić information content (AvgIpc) is 2.83. The predicted molar refractivity (Wildman–Crippen MR) is 141 cm³/mol. The molecule has 33 heavy (non-hydrogen) atoms. The van der Waals surface area contributed by atoms with Gasteiger partial charge in [-0.3, -0.25) is 4.79 Å². The minimum Gasteiger partial charge on any atom is -0.330 e. The van der Waals surface area contributed by atoms with E-state index in [1.807, 2.05) is 18.2 Å². The number of aryl methyl sites for hydroxylation is 1. The Hall–Kier alpha value is -3.17. The number of anilines is 1. The van der Waals surface area contributed by atoms with Gasteiger partial charge in [0.25, 0.3) is 0 Å². The van der Waals surface area contributed by atoms with Crippen molar-refractivity contribution in [2.24, 2.45) is 11.7 Å². The minimum absolute atomic E-state index is 0.0101. The third-order valence-electron chi connectivity index (χ3n) is 6.14. The standard InChI is InChI=1S/C30H36N2O/c1-5-10-27(25-14-9-13-24(19-25)21(2)3)29-20-26(16-15-22(29)4)32-30(33)28(17-18-31)23-11-7-6-8-12-23/h5,7,9-16,19-21,28H,1,6,8,17-18,31H2,2-4H3,(H,32,33)/b27-10-. The highest BCUT2D eigenvalue weighted by atomic mass is 16.1. The molecule has 3 rings (SSSR count). The van der Waals surface area contributed by atoms with Gasteiger partial charge in [-0.05, 0) is 84.2 Å². The van der Waals surface area contributed by atoms with Crippen molar-refractivity contribution in [1.29, 1.82) is 0 Å². The second kappa shape index (κ2) is 11.6. The van der Waals surface area contributed by atoms with Gasteiger partial charge in [-0.25, -0.2) is 0 Å². The van der Waals surface area contributed by atoms with Crippen molar-refractivity contribution in [2.45, 2.75) is 46.0 Å². The van der Waals surface area contributed by atoms with Crippen molar-refractivity contribution >= 4 is 17.2 Å². The fraction of sp³-hybridized carbons (Fsp3) is 0.300. The van der Waals surface area contributed by atoms with Gasteiger partial charge in [0, 0.05) is 5.69 Å². The molecule has 172 valence electrons. The summed E-state index contributed by atoms with van der Waals surface area (Å²) in [4.78, 5) is 13.2. The van der Waals surface area contributed by atoms with Crippen molar-refractivity contribution in [3.8, 4) is 0 Å². The quantitative estimate of drug-likeness (QED) is 0.416. The van der Waals surface area contributed by atoms with E-state index in [0.717, 1.165) is 46.4 Å². The van der Waals surface area contributed by atoms with Crippen molar-refractivity contribution in [2.75, 3.05) is 11.9 Å². The van der Waals surface area contributed by atoms with Gasteiger partial charge in [0.2, 0.25) is 5.91 Å². The lowest BCUT2D eigenvalue weighted by Gasteiger charge is -2.20. The molecule has 0 saturated carbocycles. The van der Waals surface area contributed by atoms with Crippen molar-refractivity contribution in [1.82, 2.24) is 0 Å². The van der Waals surface area contributed by atoms with Crippen LogP contribution >= 0.6 is 0 Å². The van der Waals surface area contributed by atoms with Crippen LogP contribution in [-0.2, 0) is 4.79 Å². The largest absolute Gasteiger partial charge is 0.330 e. The van der Waals surface area contributed by atoms with Gasteiger partial charge < -0.3 is 11.1 Å². The number of allylic oxidation sites excluding steroid dienone is 5. The van der Waals surface area contributed by atoms with Crippen LogP contribution in [0.3, 0.4) is 0 Å². The predicted octanol–water partition coefficient (Wildman–Crippen LogP) is 6.92. The highest BCUT2D eigenvalue weighted by molar-refractivity contribution is 5.96. The molecule has 1 aliphatic rings. The Balaban J connectivity index is 1.93. The molecule has 1 unspecified atom stereocenters. The summed E-state index contributed by atoms with van der Waals surface area (Å²) in [7, 11) is 0. The van der Waals surface area contributed by atoms with Crippen LogP contribution in [0.4, 0.5) is 5.69 Å². The van der Waals surface area contributed by atoms with Crippen LogP contribution in [0.2, 0.25) is 0 Å². The summed E-state index contributed by atoms with van der Waals surface area (Å²) in [5.41, 5.74) is 13.5. The number of carbonyl (C=O) groups is 1. The number of benzene rings is 2. The molecule has 1 atom stereocenters. The van der Waals surface area contributed by atoms with Gasteiger partial charge in [-0.2, -0.15) is 0 Å². The lowest BCUT2D eigenvalue weighted by atomic mass is 9.89. The summed E-state index contributed by atoms with van der Waals surface area (Å²) in [6.45, 7) is 10.9. The maximum absolute atomic E-state index is 13.2. The monoisotopic (exact) mass is 440 g/mol. The number of nitrogens with two attached hydrogens (primary N) is 1. The first-order valence-corrected chi connectivity index (χ1v) is 11.9. The molecule has 3 nitrogen and oxygen atoms in total. The van der Waals surface area contributed by atoms with Crippen LogP contribution in [0, 0.1) is 12.8 Å². The smallest absolute Gasteiger partial charge is 0.231 e. The van der Waals surface area contributed by atoms with Gasteiger partial charge in [0.1, 0.15) is 0 Å². The number of rotatable bonds is 9. The zero-order valence-corrected chi connectivity index (χ0v) is 20.1. The Bertz CT molecular complexity index is 1090. The van der Waals surface area contributed by atoms with Crippen molar-refractivity contribution in [3.05, 3.63) is 107 Å². The molecule has 0 aliphatic heterocycles. The molecule has 2 aromatic carbocycles. The third-order valence-corrected chi connectivity index (χ3v) is 6.14. The average molecular weight is 441 g/mol. The summed E-state index contributed by atoms with van der Waals surface area (Å²) < 4.78 is 0. The molecule has 3 heteroatoms. The van der Waals surface area contributed by atoms with Gasteiger partial charge in [0.05, 0.1) is 5.92 Å². The highest BCUT2D eigenvalue weighted by Gasteiger charge is 2.22. The number of amides is 1. The topological polar surface area (TPSA) is 55.1 Å².